The highest BCUT2D eigenvalue weighted by atomic mass is 32.2. The van der Waals surface area contributed by atoms with Gasteiger partial charge in [0.05, 0.1) is 6.42 Å². The maximum absolute atomic E-state index is 11.9. The average molecular weight is 320 g/mol. The van der Waals surface area contributed by atoms with Crippen LogP contribution in [-0.4, -0.2) is 38.8 Å². The largest absolute Gasteiger partial charge is 0.616 e. The Kier molecular flexibility index (Phi) is 9.58. The van der Waals surface area contributed by atoms with Crippen LogP contribution in [0.3, 0.4) is 0 Å². The molecule has 0 aromatic carbocycles. The second-order valence-corrected chi connectivity index (χ2v) is 9.12. The molecule has 0 heterocycles. The molecule has 0 rings (SSSR count). The van der Waals surface area contributed by atoms with E-state index in [9.17, 15) is 9.35 Å². The smallest absolute Gasteiger partial charge is 0.303 e. The molecule has 0 saturated carbocycles. The quantitative estimate of drug-likeness (QED) is 0.541. The predicted molar refractivity (Wildman–Crippen MR) is 87.9 cm³/mol. The summed E-state index contributed by atoms with van der Waals surface area (Å²) in [5, 5.41) is 17.8. The molecular formula is C16H32O4S. The van der Waals surface area contributed by atoms with E-state index in [1.165, 1.54) is 0 Å². The first-order valence-corrected chi connectivity index (χ1v) is 9.24. The average Bonchev–Trinajstić information content (AvgIpc) is 2.25. The molecule has 0 amide bonds. The van der Waals surface area contributed by atoms with Crippen molar-refractivity contribution in [2.75, 3.05) is 18.1 Å². The van der Waals surface area contributed by atoms with E-state index in [0.29, 0.717) is 11.5 Å². The summed E-state index contributed by atoms with van der Waals surface area (Å²) in [5.41, 5.74) is -0.110. The molecule has 0 aliphatic carbocycles. The third kappa shape index (κ3) is 12.0. The van der Waals surface area contributed by atoms with Gasteiger partial charge in [-0.2, -0.15) is 0 Å². The molecule has 0 aromatic heterocycles. The van der Waals surface area contributed by atoms with Gasteiger partial charge in [-0.05, 0) is 42.9 Å². The predicted octanol–water partition coefficient (Wildman–Crippen LogP) is 3.21. The molecule has 0 aliphatic heterocycles. The van der Waals surface area contributed by atoms with Gasteiger partial charge in [0.25, 0.3) is 0 Å². The number of aliphatic carboxylic acids is 1. The van der Waals surface area contributed by atoms with Crippen LogP contribution in [0.15, 0.2) is 0 Å². The summed E-state index contributed by atoms with van der Waals surface area (Å²) in [4.78, 5) is 10.7. The van der Waals surface area contributed by atoms with Gasteiger partial charge in [-0.3, -0.25) is 4.79 Å². The fourth-order valence-electron chi connectivity index (χ4n) is 2.45. The molecule has 0 saturated heterocycles. The van der Waals surface area contributed by atoms with Gasteiger partial charge in [0.1, 0.15) is 11.5 Å². The Morgan fingerprint density at radius 3 is 1.90 bits per heavy atom. The van der Waals surface area contributed by atoms with Crippen LogP contribution >= 0.6 is 0 Å². The van der Waals surface area contributed by atoms with Gasteiger partial charge < -0.3 is 14.8 Å². The van der Waals surface area contributed by atoms with E-state index in [0.717, 1.165) is 32.1 Å². The fraction of sp³-hybridized carbons (Fsp3) is 0.938. The van der Waals surface area contributed by atoms with Crippen molar-refractivity contribution in [3.63, 3.8) is 0 Å². The summed E-state index contributed by atoms with van der Waals surface area (Å²) in [7, 11) is 0. The zero-order valence-corrected chi connectivity index (χ0v) is 14.8. The number of aliphatic hydroxyl groups excluding tert-OH is 1. The minimum Gasteiger partial charge on any atom is -0.616 e. The van der Waals surface area contributed by atoms with E-state index in [-0.39, 0.29) is 23.9 Å². The van der Waals surface area contributed by atoms with Gasteiger partial charge >= 0.3 is 5.97 Å². The molecule has 2 N–H and O–H groups in total. The number of rotatable bonds is 12. The number of hydrogen-bond donors (Lipinski definition) is 2. The number of carboxylic acid groups (broad SMARTS) is 1. The zero-order chi connectivity index (χ0) is 16.5. The normalized spacial score (nSPS) is 14.2. The van der Waals surface area contributed by atoms with Crippen molar-refractivity contribution in [3.05, 3.63) is 0 Å². The van der Waals surface area contributed by atoms with Gasteiger partial charge in [-0.1, -0.05) is 38.9 Å². The highest BCUT2D eigenvalue weighted by Crippen LogP contribution is 2.28. The summed E-state index contributed by atoms with van der Waals surface area (Å²) in [5.74, 6) is 0.588. The van der Waals surface area contributed by atoms with Crippen LogP contribution < -0.4 is 0 Å². The lowest BCUT2D eigenvalue weighted by atomic mass is 9.85. The number of aliphatic hydroxyl groups is 1. The molecule has 4 nitrogen and oxygen atoms in total. The Morgan fingerprint density at radius 2 is 1.48 bits per heavy atom. The van der Waals surface area contributed by atoms with E-state index in [1.807, 2.05) is 13.8 Å². The maximum Gasteiger partial charge on any atom is 0.303 e. The lowest BCUT2D eigenvalue weighted by Crippen LogP contribution is -2.20. The molecule has 0 aromatic rings. The van der Waals surface area contributed by atoms with Gasteiger partial charge in [0.2, 0.25) is 0 Å². The molecule has 5 heteroatoms. The molecule has 0 radical (unpaired) electrons. The third-order valence-electron chi connectivity index (χ3n) is 3.87. The molecular weight excluding hydrogens is 288 g/mol. The van der Waals surface area contributed by atoms with E-state index in [1.54, 1.807) is 0 Å². The molecule has 21 heavy (non-hydrogen) atoms. The minimum atomic E-state index is -0.816. The monoisotopic (exact) mass is 320 g/mol. The van der Waals surface area contributed by atoms with Crippen molar-refractivity contribution in [3.8, 4) is 0 Å². The molecule has 1 unspecified atom stereocenters. The van der Waals surface area contributed by atoms with Gasteiger partial charge in [-0.15, -0.1) is 0 Å². The zero-order valence-electron chi connectivity index (χ0n) is 14.0. The summed E-state index contributed by atoms with van der Waals surface area (Å²) in [6, 6.07) is 0. The summed E-state index contributed by atoms with van der Waals surface area (Å²) in [6.07, 6.45) is 4.44. The number of hydrogen-bond acceptors (Lipinski definition) is 3. The lowest BCUT2D eigenvalue weighted by molar-refractivity contribution is -0.139. The SMILES string of the molecule is CC(C)(CCO)CCC[S+]([O-])CCCC(C)(C)CC(=O)O. The Labute approximate surface area is 132 Å². The number of carboxylic acids is 1. The van der Waals surface area contributed by atoms with Crippen molar-refractivity contribution >= 4 is 17.1 Å². The molecule has 126 valence electrons. The lowest BCUT2D eigenvalue weighted by Gasteiger charge is -2.24. The van der Waals surface area contributed by atoms with E-state index in [2.05, 4.69) is 13.8 Å². The van der Waals surface area contributed by atoms with Crippen molar-refractivity contribution in [2.24, 2.45) is 10.8 Å². The van der Waals surface area contributed by atoms with E-state index < -0.39 is 17.1 Å². The molecule has 1 atom stereocenters. The van der Waals surface area contributed by atoms with Crippen molar-refractivity contribution in [1.82, 2.24) is 0 Å². The Balaban J connectivity index is 3.81. The van der Waals surface area contributed by atoms with Crippen LogP contribution in [0.1, 0.15) is 66.2 Å². The van der Waals surface area contributed by atoms with E-state index >= 15 is 0 Å². The van der Waals surface area contributed by atoms with Crippen LogP contribution in [0.2, 0.25) is 0 Å². The summed E-state index contributed by atoms with van der Waals surface area (Å²) >= 11 is -0.816. The van der Waals surface area contributed by atoms with Crippen LogP contribution in [0, 0.1) is 10.8 Å². The van der Waals surface area contributed by atoms with Crippen LogP contribution in [0.25, 0.3) is 0 Å². The topological polar surface area (TPSA) is 80.6 Å². The van der Waals surface area contributed by atoms with Crippen LogP contribution in [-0.2, 0) is 16.0 Å². The Hall–Kier alpha value is -0.260. The summed E-state index contributed by atoms with van der Waals surface area (Å²) < 4.78 is 11.9. The molecule has 0 bridgehead atoms. The third-order valence-corrected chi connectivity index (χ3v) is 5.36. The fourth-order valence-corrected chi connectivity index (χ4v) is 3.59. The van der Waals surface area contributed by atoms with Gasteiger partial charge in [-0.25, -0.2) is 0 Å². The van der Waals surface area contributed by atoms with Crippen LogP contribution in [0.5, 0.6) is 0 Å². The van der Waals surface area contributed by atoms with Crippen LogP contribution in [0.4, 0.5) is 0 Å². The van der Waals surface area contributed by atoms with Crippen molar-refractivity contribution in [2.45, 2.75) is 66.2 Å². The van der Waals surface area contributed by atoms with Gasteiger partial charge in [0.15, 0.2) is 0 Å². The molecule has 0 fully saturated rings. The first kappa shape index (κ1) is 20.7. The molecule has 0 spiro atoms. The highest BCUT2D eigenvalue weighted by Gasteiger charge is 2.22. The van der Waals surface area contributed by atoms with Crippen molar-refractivity contribution in [1.29, 1.82) is 0 Å². The highest BCUT2D eigenvalue weighted by molar-refractivity contribution is 7.91. The maximum atomic E-state index is 11.9. The Bertz CT molecular complexity index is 303. The Morgan fingerprint density at radius 1 is 1.00 bits per heavy atom. The number of carbonyl (C=O) groups is 1. The second-order valence-electron chi connectivity index (χ2n) is 7.43. The molecule has 0 aliphatic rings. The first-order valence-electron chi connectivity index (χ1n) is 7.76. The van der Waals surface area contributed by atoms with Crippen molar-refractivity contribution < 1.29 is 19.6 Å². The standard InChI is InChI=1S/C16H32O4S/c1-15(2,9-10-17)7-5-11-21(20)12-6-8-16(3,4)13-14(18)19/h17H,5-13H2,1-4H3,(H,18,19). The minimum absolute atomic E-state index is 0.114. The second kappa shape index (κ2) is 9.70. The summed E-state index contributed by atoms with van der Waals surface area (Å²) in [6.45, 7) is 8.35. The van der Waals surface area contributed by atoms with Gasteiger partial charge in [0, 0.05) is 6.61 Å². The van der Waals surface area contributed by atoms with E-state index in [4.69, 9.17) is 10.2 Å². The first-order chi connectivity index (χ1) is 9.58.